The number of aromatic amines is 1. The Labute approximate surface area is 151 Å². The monoisotopic (exact) mass is 344 g/mol. The lowest BCUT2D eigenvalue weighted by Crippen LogP contribution is -2.08. The summed E-state index contributed by atoms with van der Waals surface area (Å²) in [4.78, 5) is 7.78. The first kappa shape index (κ1) is 16.1. The molecule has 3 N–H and O–H groups in total. The largest absolute Gasteiger partial charge is 0.368 e. The lowest BCUT2D eigenvalue weighted by molar-refractivity contribution is 0.952. The molecule has 130 valence electrons. The Bertz CT molecular complexity index is 1020. The summed E-state index contributed by atoms with van der Waals surface area (Å²) in [6.07, 6.45) is 4.60. The van der Waals surface area contributed by atoms with Crippen molar-refractivity contribution in [1.82, 2.24) is 20.2 Å². The molecule has 0 fully saturated rings. The van der Waals surface area contributed by atoms with Crippen LogP contribution >= 0.6 is 0 Å². The first-order valence-corrected chi connectivity index (χ1v) is 8.60. The topological polar surface area (TPSA) is 78.5 Å². The molecule has 6 heteroatoms. The quantitative estimate of drug-likeness (QED) is 0.492. The van der Waals surface area contributed by atoms with Crippen LogP contribution in [0.2, 0.25) is 0 Å². The van der Waals surface area contributed by atoms with E-state index in [2.05, 4.69) is 55.2 Å². The number of rotatable bonds is 6. The van der Waals surface area contributed by atoms with E-state index in [0.717, 1.165) is 24.2 Å². The zero-order valence-electron chi connectivity index (χ0n) is 14.5. The van der Waals surface area contributed by atoms with Gasteiger partial charge < -0.3 is 15.6 Å². The highest BCUT2D eigenvalue weighted by molar-refractivity contribution is 5.83. The van der Waals surface area contributed by atoms with Crippen LogP contribution in [-0.2, 0) is 6.42 Å². The predicted molar refractivity (Wildman–Crippen MR) is 105 cm³/mol. The molecule has 0 aliphatic heterocycles. The summed E-state index contributed by atoms with van der Waals surface area (Å²) in [6.45, 7) is 2.82. The smallest absolute Gasteiger partial charge is 0.249 e. The normalized spacial score (nSPS) is 10.8. The van der Waals surface area contributed by atoms with Gasteiger partial charge in [-0.1, -0.05) is 30.3 Å². The molecule has 0 saturated carbocycles. The molecule has 0 saturated heterocycles. The van der Waals surface area contributed by atoms with Crippen LogP contribution in [0.15, 0.2) is 60.9 Å². The zero-order chi connectivity index (χ0) is 17.8. The van der Waals surface area contributed by atoms with Gasteiger partial charge in [-0.25, -0.2) is 0 Å². The second-order valence-corrected chi connectivity index (χ2v) is 6.20. The summed E-state index contributed by atoms with van der Waals surface area (Å²) in [5.41, 5.74) is 4.57. The van der Waals surface area contributed by atoms with Gasteiger partial charge in [0.15, 0.2) is 5.82 Å². The van der Waals surface area contributed by atoms with Gasteiger partial charge in [0, 0.05) is 29.3 Å². The van der Waals surface area contributed by atoms with Crippen LogP contribution in [0.5, 0.6) is 0 Å². The van der Waals surface area contributed by atoms with Crippen LogP contribution in [0.1, 0.15) is 11.1 Å². The number of nitrogens with zero attached hydrogens (tertiary/aromatic N) is 3. The highest BCUT2D eigenvalue weighted by Crippen LogP contribution is 2.18. The fraction of sp³-hybridized carbons (Fsp3) is 0.150. The van der Waals surface area contributed by atoms with E-state index in [4.69, 9.17) is 0 Å². The average molecular weight is 344 g/mol. The lowest BCUT2D eigenvalue weighted by Gasteiger charge is -2.08. The van der Waals surface area contributed by atoms with Crippen molar-refractivity contribution in [2.45, 2.75) is 13.3 Å². The predicted octanol–water partition coefficient (Wildman–Crippen LogP) is 4.06. The molecule has 0 aliphatic rings. The minimum absolute atomic E-state index is 0.479. The number of fused-ring (bicyclic) bond motifs is 1. The third-order valence-corrected chi connectivity index (χ3v) is 4.21. The van der Waals surface area contributed by atoms with Crippen LogP contribution in [0.25, 0.3) is 10.9 Å². The second kappa shape index (κ2) is 7.23. The van der Waals surface area contributed by atoms with Crippen LogP contribution in [0.4, 0.5) is 17.5 Å². The van der Waals surface area contributed by atoms with Crippen molar-refractivity contribution in [3.8, 4) is 0 Å². The summed E-state index contributed by atoms with van der Waals surface area (Å²) < 4.78 is 0. The van der Waals surface area contributed by atoms with Crippen molar-refractivity contribution in [2.75, 3.05) is 17.2 Å². The van der Waals surface area contributed by atoms with E-state index in [1.165, 1.54) is 16.5 Å². The van der Waals surface area contributed by atoms with Gasteiger partial charge in [-0.05, 0) is 42.7 Å². The van der Waals surface area contributed by atoms with Crippen molar-refractivity contribution in [2.24, 2.45) is 0 Å². The number of nitrogens with one attached hydrogen (secondary N) is 3. The van der Waals surface area contributed by atoms with E-state index < -0.39 is 0 Å². The van der Waals surface area contributed by atoms with Gasteiger partial charge in [0.05, 0.1) is 6.20 Å². The molecule has 0 atom stereocenters. The Morgan fingerprint density at radius 3 is 2.92 bits per heavy atom. The molecule has 2 aromatic heterocycles. The first-order chi connectivity index (χ1) is 12.8. The number of para-hydroxylation sites is 1. The van der Waals surface area contributed by atoms with E-state index in [1.807, 2.05) is 37.3 Å². The standard InChI is InChI=1S/C20H20N6/c1-14-5-4-6-16(11-14)24-20-25-19(13-23-26-20)21-10-9-15-12-22-18-8-3-2-7-17(15)18/h2-8,11-13,22H,9-10H2,1H3,(H2,21,24,25,26). The zero-order valence-corrected chi connectivity index (χ0v) is 14.5. The highest BCUT2D eigenvalue weighted by atomic mass is 15.3. The number of hydrogen-bond acceptors (Lipinski definition) is 5. The van der Waals surface area contributed by atoms with E-state index in [1.54, 1.807) is 6.20 Å². The van der Waals surface area contributed by atoms with Crippen molar-refractivity contribution in [1.29, 1.82) is 0 Å². The molecule has 0 amide bonds. The van der Waals surface area contributed by atoms with E-state index in [-0.39, 0.29) is 0 Å². The third-order valence-electron chi connectivity index (χ3n) is 4.21. The lowest BCUT2D eigenvalue weighted by atomic mass is 10.1. The maximum absolute atomic E-state index is 4.48. The molecule has 4 aromatic rings. The van der Waals surface area contributed by atoms with Crippen molar-refractivity contribution < 1.29 is 0 Å². The number of aryl methyl sites for hydroxylation is 1. The van der Waals surface area contributed by atoms with Gasteiger partial charge in [0.25, 0.3) is 0 Å². The molecular formula is C20H20N6. The van der Waals surface area contributed by atoms with Crippen LogP contribution in [0.3, 0.4) is 0 Å². The van der Waals surface area contributed by atoms with E-state index >= 15 is 0 Å². The maximum atomic E-state index is 4.48. The Balaban J connectivity index is 1.39. The summed E-state index contributed by atoms with van der Waals surface area (Å²) >= 11 is 0. The van der Waals surface area contributed by atoms with Gasteiger partial charge in [0.1, 0.15) is 0 Å². The van der Waals surface area contributed by atoms with Crippen molar-refractivity contribution >= 4 is 28.4 Å². The molecule has 6 nitrogen and oxygen atoms in total. The molecule has 0 aliphatic carbocycles. The van der Waals surface area contributed by atoms with Gasteiger partial charge in [-0.15, -0.1) is 5.10 Å². The summed E-state index contributed by atoms with van der Waals surface area (Å²) in [5, 5.41) is 15.8. The molecular weight excluding hydrogens is 324 g/mol. The molecule has 0 spiro atoms. The third kappa shape index (κ3) is 3.64. The minimum atomic E-state index is 0.479. The number of aromatic nitrogens is 4. The second-order valence-electron chi connectivity index (χ2n) is 6.20. The fourth-order valence-electron chi connectivity index (χ4n) is 2.96. The minimum Gasteiger partial charge on any atom is -0.368 e. The molecule has 0 bridgehead atoms. The number of anilines is 3. The Kier molecular flexibility index (Phi) is 4.47. The molecule has 0 radical (unpaired) electrons. The van der Waals surface area contributed by atoms with Gasteiger partial charge in [-0.3, -0.25) is 0 Å². The molecule has 2 heterocycles. The van der Waals surface area contributed by atoms with Gasteiger partial charge in [-0.2, -0.15) is 10.1 Å². The number of hydrogen-bond donors (Lipinski definition) is 3. The molecule has 4 rings (SSSR count). The molecule has 2 aromatic carbocycles. The number of benzene rings is 2. The van der Waals surface area contributed by atoms with Crippen LogP contribution < -0.4 is 10.6 Å². The van der Waals surface area contributed by atoms with Crippen LogP contribution in [-0.4, -0.2) is 26.7 Å². The maximum Gasteiger partial charge on any atom is 0.249 e. The molecule has 26 heavy (non-hydrogen) atoms. The summed E-state index contributed by atoms with van der Waals surface area (Å²) in [7, 11) is 0. The van der Waals surface area contributed by atoms with E-state index in [9.17, 15) is 0 Å². The van der Waals surface area contributed by atoms with Crippen molar-refractivity contribution in [3.05, 3.63) is 72.1 Å². The van der Waals surface area contributed by atoms with Crippen molar-refractivity contribution in [3.63, 3.8) is 0 Å². The molecule has 0 unspecified atom stereocenters. The SMILES string of the molecule is Cc1cccc(Nc2nncc(NCCc3c[nH]c4ccccc34)n2)c1. The fourth-order valence-corrected chi connectivity index (χ4v) is 2.96. The van der Waals surface area contributed by atoms with Gasteiger partial charge in [0.2, 0.25) is 5.95 Å². The Morgan fingerprint density at radius 2 is 2.00 bits per heavy atom. The summed E-state index contributed by atoms with van der Waals surface area (Å²) in [5.74, 6) is 1.18. The van der Waals surface area contributed by atoms with Crippen LogP contribution in [0, 0.1) is 6.92 Å². The Hall–Kier alpha value is -3.41. The first-order valence-electron chi connectivity index (χ1n) is 8.60. The Morgan fingerprint density at radius 1 is 1.08 bits per heavy atom. The highest BCUT2D eigenvalue weighted by Gasteiger charge is 2.04. The average Bonchev–Trinajstić information content (AvgIpc) is 3.06. The van der Waals surface area contributed by atoms with Gasteiger partial charge >= 0.3 is 0 Å². The summed E-state index contributed by atoms with van der Waals surface area (Å²) in [6, 6.07) is 16.4. The number of H-pyrrole nitrogens is 1. The van der Waals surface area contributed by atoms with E-state index in [0.29, 0.717) is 11.8 Å².